The third-order valence-corrected chi connectivity index (χ3v) is 8.10. The van der Waals surface area contributed by atoms with Gasteiger partial charge in [0.25, 0.3) is 0 Å². The molecule has 0 unspecified atom stereocenters. The van der Waals surface area contributed by atoms with Gasteiger partial charge in [-0.15, -0.1) is 0 Å². The van der Waals surface area contributed by atoms with Crippen molar-refractivity contribution in [1.29, 1.82) is 0 Å². The molecule has 4 aromatic rings. The lowest BCUT2D eigenvalue weighted by Gasteiger charge is -2.18. The molecule has 248 valence electrons. The molecule has 1 aromatic heterocycles. The molecule has 0 atom stereocenters. The van der Waals surface area contributed by atoms with E-state index in [0.717, 1.165) is 92.3 Å². The van der Waals surface area contributed by atoms with Gasteiger partial charge in [0.05, 0.1) is 24.3 Å². The number of hydrogen-bond donors (Lipinski definition) is 0. The largest absolute Gasteiger partial charge is 0.493 e. The van der Waals surface area contributed by atoms with E-state index < -0.39 is 0 Å². The van der Waals surface area contributed by atoms with E-state index in [4.69, 9.17) is 23.9 Å². The molecule has 0 amide bonds. The number of unbranched alkanes of at least 4 members (excludes halogenated alkanes) is 1. The lowest BCUT2D eigenvalue weighted by Crippen LogP contribution is -2.25. The van der Waals surface area contributed by atoms with Crippen molar-refractivity contribution in [3.05, 3.63) is 60.4 Å². The van der Waals surface area contributed by atoms with Gasteiger partial charge in [0, 0.05) is 43.9 Å². The molecule has 2 heterocycles. The zero-order chi connectivity index (χ0) is 32.3. The van der Waals surface area contributed by atoms with Crippen LogP contribution in [0.2, 0.25) is 0 Å². The van der Waals surface area contributed by atoms with Crippen LogP contribution in [0.1, 0.15) is 52.4 Å². The normalized spacial score (nSPS) is 13.5. The Morgan fingerprint density at radius 3 is 2.33 bits per heavy atom. The van der Waals surface area contributed by atoms with Gasteiger partial charge in [0.2, 0.25) is 0 Å². The summed E-state index contributed by atoms with van der Waals surface area (Å²) in [6, 6.07) is 16.0. The van der Waals surface area contributed by atoms with Crippen LogP contribution in [-0.2, 0) is 6.54 Å². The number of imidazole rings is 1. The van der Waals surface area contributed by atoms with E-state index in [1.807, 2.05) is 24.3 Å². The Balaban J connectivity index is 1.54. The van der Waals surface area contributed by atoms with E-state index in [-0.39, 0.29) is 5.82 Å². The van der Waals surface area contributed by atoms with Crippen molar-refractivity contribution in [3.63, 3.8) is 0 Å². The van der Waals surface area contributed by atoms with Crippen LogP contribution >= 0.6 is 0 Å². The fourth-order valence-corrected chi connectivity index (χ4v) is 5.72. The highest BCUT2D eigenvalue weighted by Crippen LogP contribution is 2.40. The first-order chi connectivity index (χ1) is 22.4. The lowest BCUT2D eigenvalue weighted by atomic mass is 10.1. The van der Waals surface area contributed by atoms with E-state index >= 15 is 0 Å². The molecule has 8 nitrogen and oxygen atoms in total. The lowest BCUT2D eigenvalue weighted by molar-refractivity contribution is 0.238. The number of likely N-dealkylation sites (tertiary alicyclic amines) is 1. The molecule has 1 aliphatic heterocycles. The molecule has 3 aromatic carbocycles. The third-order valence-electron chi connectivity index (χ3n) is 8.10. The second kappa shape index (κ2) is 16.7. The highest BCUT2D eigenvalue weighted by atomic mass is 19.1. The quantitative estimate of drug-likeness (QED) is 0.103. The van der Waals surface area contributed by atoms with Crippen LogP contribution in [0.25, 0.3) is 22.4 Å². The average molecular weight is 633 g/mol. The van der Waals surface area contributed by atoms with Gasteiger partial charge in [-0.05, 0) is 83.6 Å². The van der Waals surface area contributed by atoms with Crippen molar-refractivity contribution in [3.8, 4) is 40.1 Å². The first kappa shape index (κ1) is 33.5. The Bertz CT molecular complexity index is 1550. The van der Waals surface area contributed by atoms with E-state index in [2.05, 4.69) is 48.4 Å². The maximum atomic E-state index is 13.9. The molecule has 1 saturated heterocycles. The Morgan fingerprint density at radius 1 is 0.783 bits per heavy atom. The standard InChI is InChI=1S/C37H49FN4O4/c1-5-7-19-42-33-25-31(43-22-11-16-40(3)4)27-35(44-21-6-2)36(33)39-37(42)32-15-14-30(46-29-13-10-12-28(38)24-29)26-34(32)45-23-20-41-17-8-9-18-41/h10,12-15,24-27H,5-9,11,16-23H2,1-4H3. The average Bonchev–Trinajstić information content (AvgIpc) is 3.69. The summed E-state index contributed by atoms with van der Waals surface area (Å²) < 4.78 is 41.3. The van der Waals surface area contributed by atoms with Gasteiger partial charge in [-0.1, -0.05) is 26.3 Å². The molecule has 1 aliphatic rings. The molecule has 46 heavy (non-hydrogen) atoms. The number of aryl methyl sites for hydroxylation is 1. The number of benzene rings is 3. The van der Waals surface area contributed by atoms with E-state index in [1.54, 1.807) is 12.1 Å². The molecule has 0 spiro atoms. The fraction of sp³-hybridized carbons (Fsp3) is 0.486. The Hall–Kier alpha value is -3.82. The van der Waals surface area contributed by atoms with Gasteiger partial charge < -0.3 is 28.4 Å². The number of fused-ring (bicyclic) bond motifs is 1. The summed E-state index contributed by atoms with van der Waals surface area (Å²) in [7, 11) is 4.14. The van der Waals surface area contributed by atoms with Gasteiger partial charge in [-0.3, -0.25) is 4.90 Å². The summed E-state index contributed by atoms with van der Waals surface area (Å²) in [5, 5.41) is 0. The number of ether oxygens (including phenoxy) is 4. The number of rotatable bonds is 18. The maximum absolute atomic E-state index is 13.9. The summed E-state index contributed by atoms with van der Waals surface area (Å²) in [4.78, 5) is 9.81. The highest BCUT2D eigenvalue weighted by molar-refractivity contribution is 5.88. The minimum Gasteiger partial charge on any atom is -0.493 e. The summed E-state index contributed by atoms with van der Waals surface area (Å²) in [6.45, 7) is 10.8. The Morgan fingerprint density at radius 2 is 1.57 bits per heavy atom. The number of hydrogen-bond acceptors (Lipinski definition) is 7. The first-order valence-electron chi connectivity index (χ1n) is 16.8. The second-order valence-electron chi connectivity index (χ2n) is 12.2. The van der Waals surface area contributed by atoms with E-state index in [9.17, 15) is 4.39 Å². The van der Waals surface area contributed by atoms with Crippen LogP contribution in [0.4, 0.5) is 4.39 Å². The molecule has 0 bridgehead atoms. The van der Waals surface area contributed by atoms with Crippen molar-refractivity contribution >= 4 is 11.0 Å². The molecule has 9 heteroatoms. The molecule has 0 saturated carbocycles. The third kappa shape index (κ3) is 8.91. The highest BCUT2D eigenvalue weighted by Gasteiger charge is 2.22. The van der Waals surface area contributed by atoms with Crippen molar-refractivity contribution in [2.24, 2.45) is 0 Å². The summed E-state index contributed by atoms with van der Waals surface area (Å²) >= 11 is 0. The van der Waals surface area contributed by atoms with E-state index in [0.29, 0.717) is 37.1 Å². The molecule has 1 fully saturated rings. The van der Waals surface area contributed by atoms with Crippen LogP contribution in [0.5, 0.6) is 28.7 Å². The van der Waals surface area contributed by atoms with Gasteiger partial charge in [0.1, 0.15) is 46.8 Å². The Kier molecular flexibility index (Phi) is 12.1. The number of aromatic nitrogens is 2. The number of nitrogens with zero attached hydrogens (tertiary/aromatic N) is 4. The zero-order valence-corrected chi connectivity index (χ0v) is 27.9. The zero-order valence-electron chi connectivity index (χ0n) is 27.9. The molecule has 5 rings (SSSR count). The molecular formula is C37H49FN4O4. The molecule has 0 N–H and O–H groups in total. The summed E-state index contributed by atoms with van der Waals surface area (Å²) in [6.07, 6.45) is 6.31. The monoisotopic (exact) mass is 632 g/mol. The van der Waals surface area contributed by atoms with Crippen molar-refractivity contribution in [1.82, 2.24) is 19.4 Å². The predicted octanol–water partition coefficient (Wildman–Crippen LogP) is 8.03. The number of halogens is 1. The maximum Gasteiger partial charge on any atom is 0.150 e. The van der Waals surface area contributed by atoms with Crippen LogP contribution in [0.3, 0.4) is 0 Å². The SMILES string of the molecule is CCCCn1c(-c2ccc(Oc3cccc(F)c3)cc2OCCN2CCCC2)nc2c(OCCC)cc(OCCCN(C)C)cc21. The molecule has 0 aliphatic carbocycles. The van der Waals surface area contributed by atoms with Crippen LogP contribution in [0, 0.1) is 5.82 Å². The van der Waals surface area contributed by atoms with Gasteiger partial charge in [0.15, 0.2) is 5.75 Å². The summed E-state index contributed by atoms with van der Waals surface area (Å²) in [5.41, 5.74) is 2.65. The van der Waals surface area contributed by atoms with Crippen LogP contribution in [-0.4, -0.2) is 79.4 Å². The first-order valence-corrected chi connectivity index (χ1v) is 16.8. The van der Waals surface area contributed by atoms with E-state index in [1.165, 1.54) is 25.0 Å². The van der Waals surface area contributed by atoms with Gasteiger partial charge in [-0.2, -0.15) is 0 Å². The van der Waals surface area contributed by atoms with Crippen molar-refractivity contribution in [2.45, 2.75) is 58.9 Å². The van der Waals surface area contributed by atoms with Gasteiger partial charge in [-0.25, -0.2) is 9.37 Å². The Labute approximate surface area is 273 Å². The molecular weight excluding hydrogens is 583 g/mol. The molecule has 0 radical (unpaired) electrons. The predicted molar refractivity (Wildman–Crippen MR) is 182 cm³/mol. The second-order valence-corrected chi connectivity index (χ2v) is 12.2. The minimum absolute atomic E-state index is 0.344. The van der Waals surface area contributed by atoms with Crippen molar-refractivity contribution < 1.29 is 23.3 Å². The van der Waals surface area contributed by atoms with Gasteiger partial charge >= 0.3 is 0 Å². The minimum atomic E-state index is -0.344. The van der Waals surface area contributed by atoms with Crippen LogP contribution < -0.4 is 18.9 Å². The van der Waals surface area contributed by atoms with Crippen molar-refractivity contribution in [2.75, 3.05) is 60.1 Å². The smallest absolute Gasteiger partial charge is 0.150 e. The topological polar surface area (TPSA) is 61.2 Å². The summed E-state index contributed by atoms with van der Waals surface area (Å²) in [5.74, 6) is 3.65. The fourth-order valence-electron chi connectivity index (χ4n) is 5.72. The van der Waals surface area contributed by atoms with Crippen LogP contribution in [0.15, 0.2) is 54.6 Å².